The van der Waals surface area contributed by atoms with Gasteiger partial charge in [0.2, 0.25) is 5.91 Å². The predicted octanol–water partition coefficient (Wildman–Crippen LogP) is 4.31. The summed E-state index contributed by atoms with van der Waals surface area (Å²) in [5.41, 5.74) is 3.68. The van der Waals surface area contributed by atoms with Crippen molar-refractivity contribution in [3.05, 3.63) is 59.7 Å². The number of rotatable bonds is 7. The van der Waals surface area contributed by atoms with E-state index < -0.39 is 23.4 Å². The molecule has 1 saturated carbocycles. The van der Waals surface area contributed by atoms with Crippen molar-refractivity contribution in [1.29, 1.82) is 0 Å². The van der Waals surface area contributed by atoms with Crippen molar-refractivity contribution in [2.45, 2.75) is 51.5 Å². The van der Waals surface area contributed by atoms with Crippen molar-refractivity contribution >= 4 is 18.0 Å². The van der Waals surface area contributed by atoms with Crippen molar-refractivity contribution in [1.82, 2.24) is 10.6 Å². The molecule has 180 valence electrons. The van der Waals surface area contributed by atoms with Crippen LogP contribution in [-0.4, -0.2) is 42.3 Å². The van der Waals surface area contributed by atoms with Crippen LogP contribution >= 0.6 is 0 Å². The van der Waals surface area contributed by atoms with E-state index >= 15 is 0 Å². The standard InChI is InChI=1S/C27H32N2O5/c1-27(2,25(32)29-23-14-8-7-13-21(23)24(30)31)16-28-26(33)34-15-22-19-11-5-3-9-17(19)18-10-4-6-12-20(18)22/h3-6,9-12,21-23H,7-8,13-16H2,1-2H3,(H,28,33)(H,29,32)(H,30,31). The van der Waals surface area contributed by atoms with Crippen molar-refractivity contribution in [2.24, 2.45) is 11.3 Å². The Morgan fingerprint density at radius 1 is 0.971 bits per heavy atom. The monoisotopic (exact) mass is 464 g/mol. The Bertz CT molecular complexity index is 1030. The lowest BCUT2D eigenvalue weighted by Crippen LogP contribution is -2.52. The quantitative estimate of drug-likeness (QED) is 0.566. The average molecular weight is 465 g/mol. The molecule has 0 saturated heterocycles. The number of hydrogen-bond donors (Lipinski definition) is 3. The van der Waals surface area contributed by atoms with E-state index in [1.54, 1.807) is 13.8 Å². The van der Waals surface area contributed by atoms with Gasteiger partial charge in [0.1, 0.15) is 6.61 Å². The first kappa shape index (κ1) is 23.8. The average Bonchev–Trinajstić information content (AvgIpc) is 3.15. The number of carbonyl (C=O) groups is 3. The summed E-state index contributed by atoms with van der Waals surface area (Å²) in [6.07, 6.45) is 2.39. The fraction of sp³-hybridized carbons (Fsp3) is 0.444. The van der Waals surface area contributed by atoms with Gasteiger partial charge < -0.3 is 20.5 Å². The van der Waals surface area contributed by atoms with Crippen LogP contribution < -0.4 is 10.6 Å². The third kappa shape index (κ3) is 4.93. The van der Waals surface area contributed by atoms with Gasteiger partial charge in [-0.2, -0.15) is 0 Å². The Kier molecular flexibility index (Phi) is 6.91. The summed E-state index contributed by atoms with van der Waals surface area (Å²) in [5.74, 6) is -1.75. The van der Waals surface area contributed by atoms with Crippen LogP contribution in [0.1, 0.15) is 56.6 Å². The molecule has 0 bridgehead atoms. The number of ether oxygens (including phenoxy) is 1. The fourth-order valence-electron chi connectivity index (χ4n) is 4.99. The van der Waals surface area contributed by atoms with Crippen LogP contribution in [0.3, 0.4) is 0 Å². The number of alkyl carbamates (subject to hydrolysis) is 1. The number of carboxylic acid groups (broad SMARTS) is 1. The molecule has 0 heterocycles. The number of fused-ring (bicyclic) bond motifs is 3. The van der Waals surface area contributed by atoms with Crippen LogP contribution in [0.2, 0.25) is 0 Å². The molecule has 4 rings (SSSR count). The number of nitrogens with one attached hydrogen (secondary N) is 2. The molecule has 2 unspecified atom stereocenters. The molecule has 2 atom stereocenters. The summed E-state index contributed by atoms with van der Waals surface area (Å²) in [7, 11) is 0. The van der Waals surface area contributed by atoms with E-state index in [0.717, 1.165) is 35.1 Å². The van der Waals surface area contributed by atoms with E-state index in [0.29, 0.717) is 12.8 Å². The molecule has 34 heavy (non-hydrogen) atoms. The molecule has 2 aromatic carbocycles. The van der Waals surface area contributed by atoms with E-state index in [1.165, 1.54) is 0 Å². The highest BCUT2D eigenvalue weighted by atomic mass is 16.5. The van der Waals surface area contributed by atoms with Gasteiger partial charge in [0.15, 0.2) is 0 Å². The van der Waals surface area contributed by atoms with Gasteiger partial charge >= 0.3 is 12.1 Å². The predicted molar refractivity (Wildman–Crippen MR) is 128 cm³/mol. The second-order valence-electron chi connectivity index (χ2n) is 9.87. The normalized spacial score (nSPS) is 19.6. The maximum atomic E-state index is 12.9. The van der Waals surface area contributed by atoms with E-state index in [2.05, 4.69) is 34.9 Å². The Labute approximate surface area is 199 Å². The van der Waals surface area contributed by atoms with Crippen LogP contribution in [0.5, 0.6) is 0 Å². The number of carboxylic acids is 1. The van der Waals surface area contributed by atoms with Crippen molar-refractivity contribution in [3.8, 4) is 11.1 Å². The van der Waals surface area contributed by atoms with E-state index in [-0.39, 0.29) is 31.0 Å². The summed E-state index contributed by atoms with van der Waals surface area (Å²) < 4.78 is 5.55. The third-order valence-corrected chi connectivity index (χ3v) is 7.03. The van der Waals surface area contributed by atoms with Gasteiger partial charge in [-0.15, -0.1) is 0 Å². The van der Waals surface area contributed by atoms with Crippen LogP contribution in [0, 0.1) is 11.3 Å². The van der Waals surface area contributed by atoms with Gasteiger partial charge in [-0.05, 0) is 48.9 Å². The SMILES string of the molecule is CC(C)(CNC(=O)OCC1c2ccccc2-c2ccccc21)C(=O)NC1CCCCC1C(=O)O. The Balaban J connectivity index is 1.31. The summed E-state index contributed by atoms with van der Waals surface area (Å²) in [5, 5.41) is 15.1. The minimum Gasteiger partial charge on any atom is -0.481 e. The van der Waals surface area contributed by atoms with Gasteiger partial charge in [-0.25, -0.2) is 4.79 Å². The third-order valence-electron chi connectivity index (χ3n) is 7.03. The summed E-state index contributed by atoms with van der Waals surface area (Å²) in [4.78, 5) is 36.9. The highest BCUT2D eigenvalue weighted by Crippen LogP contribution is 2.44. The minimum absolute atomic E-state index is 0.0336. The Morgan fingerprint density at radius 2 is 1.56 bits per heavy atom. The molecule has 2 aliphatic carbocycles. The van der Waals surface area contributed by atoms with Crippen LogP contribution in [0.4, 0.5) is 4.79 Å². The zero-order valence-corrected chi connectivity index (χ0v) is 19.7. The largest absolute Gasteiger partial charge is 0.481 e. The van der Waals surface area contributed by atoms with Crippen LogP contribution in [-0.2, 0) is 14.3 Å². The summed E-state index contributed by atoms with van der Waals surface area (Å²) in [6, 6.07) is 15.9. The maximum absolute atomic E-state index is 12.9. The molecule has 7 nitrogen and oxygen atoms in total. The van der Waals surface area contributed by atoms with Crippen LogP contribution in [0.25, 0.3) is 11.1 Å². The Hall–Kier alpha value is -3.35. The maximum Gasteiger partial charge on any atom is 0.407 e. The van der Waals surface area contributed by atoms with Gasteiger partial charge in [0, 0.05) is 18.5 Å². The number of aliphatic carboxylic acids is 1. The van der Waals surface area contributed by atoms with Crippen molar-refractivity contribution < 1.29 is 24.2 Å². The molecule has 2 amide bonds. The second kappa shape index (κ2) is 9.87. The van der Waals surface area contributed by atoms with E-state index in [4.69, 9.17) is 4.74 Å². The molecule has 0 aliphatic heterocycles. The van der Waals surface area contributed by atoms with E-state index in [9.17, 15) is 19.5 Å². The molecule has 0 radical (unpaired) electrons. The molecule has 2 aliphatic rings. The lowest BCUT2D eigenvalue weighted by Gasteiger charge is -2.33. The van der Waals surface area contributed by atoms with Gasteiger partial charge in [-0.3, -0.25) is 9.59 Å². The lowest BCUT2D eigenvalue weighted by molar-refractivity contribution is -0.144. The summed E-state index contributed by atoms with van der Waals surface area (Å²) >= 11 is 0. The molecular formula is C27H32N2O5. The number of amides is 2. The molecule has 0 aromatic heterocycles. The van der Waals surface area contributed by atoms with Gasteiger partial charge in [0.25, 0.3) is 0 Å². The number of hydrogen-bond acceptors (Lipinski definition) is 4. The first-order chi connectivity index (χ1) is 16.3. The molecule has 1 fully saturated rings. The lowest BCUT2D eigenvalue weighted by atomic mass is 9.83. The van der Waals surface area contributed by atoms with Gasteiger partial charge in [0.05, 0.1) is 11.3 Å². The highest BCUT2D eigenvalue weighted by molar-refractivity contribution is 5.84. The van der Waals surface area contributed by atoms with Crippen molar-refractivity contribution in [2.75, 3.05) is 13.2 Å². The zero-order valence-electron chi connectivity index (χ0n) is 19.7. The second-order valence-corrected chi connectivity index (χ2v) is 9.87. The van der Waals surface area contributed by atoms with E-state index in [1.807, 2.05) is 24.3 Å². The Morgan fingerprint density at radius 3 is 2.18 bits per heavy atom. The number of carbonyl (C=O) groups excluding carboxylic acids is 2. The smallest absolute Gasteiger partial charge is 0.407 e. The summed E-state index contributed by atoms with van der Waals surface area (Å²) in [6.45, 7) is 3.74. The minimum atomic E-state index is -0.911. The first-order valence-corrected chi connectivity index (χ1v) is 11.9. The van der Waals surface area contributed by atoms with Gasteiger partial charge in [-0.1, -0.05) is 61.4 Å². The molecule has 3 N–H and O–H groups in total. The first-order valence-electron chi connectivity index (χ1n) is 11.9. The van der Waals surface area contributed by atoms with Crippen molar-refractivity contribution in [3.63, 3.8) is 0 Å². The number of benzene rings is 2. The molecule has 7 heteroatoms. The fourth-order valence-corrected chi connectivity index (χ4v) is 4.99. The molecule has 0 spiro atoms. The topological polar surface area (TPSA) is 105 Å². The highest BCUT2D eigenvalue weighted by Gasteiger charge is 2.36. The molecule has 2 aromatic rings. The van der Waals surface area contributed by atoms with Crippen LogP contribution in [0.15, 0.2) is 48.5 Å². The molecular weight excluding hydrogens is 432 g/mol. The zero-order chi connectivity index (χ0) is 24.3.